The number of hydrogen-bond acceptors (Lipinski definition) is 9. The molecule has 5 rings (SSSR count). The third-order valence-electron chi connectivity index (χ3n) is 6.62. The maximum Gasteiger partial charge on any atom is 0.261 e. The molecule has 2 N–H and O–H groups in total. The minimum atomic E-state index is -0.456. The maximum absolute atomic E-state index is 12.0. The Bertz CT molecular complexity index is 1460. The summed E-state index contributed by atoms with van der Waals surface area (Å²) in [6, 6.07) is 9.91. The van der Waals surface area contributed by atoms with E-state index in [1.165, 1.54) is 11.1 Å². The zero-order valence-corrected chi connectivity index (χ0v) is 20.2. The van der Waals surface area contributed by atoms with Gasteiger partial charge in [-0.1, -0.05) is 29.4 Å². The Hall–Kier alpha value is -4.59. The first-order valence-electron chi connectivity index (χ1n) is 11.5. The molecule has 0 unspecified atom stereocenters. The number of rotatable bonds is 7. The fourth-order valence-electron chi connectivity index (χ4n) is 4.27. The van der Waals surface area contributed by atoms with Crippen molar-refractivity contribution < 1.29 is 9.32 Å². The lowest BCUT2D eigenvalue weighted by molar-refractivity contribution is -0.129. The second-order valence-corrected chi connectivity index (χ2v) is 9.30. The second-order valence-electron chi connectivity index (χ2n) is 9.30. The number of nitrogens with zero attached hydrogens (tertiary/aromatic N) is 8. The van der Waals surface area contributed by atoms with Gasteiger partial charge in [-0.25, -0.2) is 9.97 Å². The van der Waals surface area contributed by atoms with Crippen molar-refractivity contribution >= 4 is 11.7 Å². The summed E-state index contributed by atoms with van der Waals surface area (Å²) in [4.78, 5) is 26.6. The summed E-state index contributed by atoms with van der Waals surface area (Å²) in [7, 11) is 3.40. The molecule has 0 saturated heterocycles. The number of hydrogen-bond donors (Lipinski definition) is 1. The van der Waals surface area contributed by atoms with Crippen LogP contribution < -0.4 is 5.73 Å². The standard InChI is InChI=1S/C25H25N9O2/c1-25(18-8-9-18,17-6-4-15(5-7-17)22-19(10-26)30-20(27)12-28-22)24-31-23(36-32-24)16-11-29-34(13-16)14-21(35)33(2)3/h4-7,11-13,18H,8-9,14H2,1-3H3,(H2,27,30)/t25-/m0/s1. The van der Waals surface area contributed by atoms with Crippen molar-refractivity contribution in [3.63, 3.8) is 0 Å². The molecule has 3 heterocycles. The van der Waals surface area contributed by atoms with Crippen LogP contribution in [-0.2, 0) is 16.8 Å². The van der Waals surface area contributed by atoms with Crippen LogP contribution in [0.2, 0.25) is 0 Å². The molecular formula is C25H25N9O2. The average molecular weight is 484 g/mol. The molecule has 0 aliphatic heterocycles. The fourth-order valence-corrected chi connectivity index (χ4v) is 4.27. The van der Waals surface area contributed by atoms with E-state index in [0.717, 1.165) is 24.0 Å². The Kier molecular flexibility index (Phi) is 5.72. The quantitative estimate of drug-likeness (QED) is 0.418. The van der Waals surface area contributed by atoms with Gasteiger partial charge in [-0.15, -0.1) is 0 Å². The average Bonchev–Trinajstić information content (AvgIpc) is 3.43. The molecule has 11 heteroatoms. The molecule has 0 spiro atoms. The van der Waals surface area contributed by atoms with Crippen LogP contribution in [-0.4, -0.2) is 54.8 Å². The molecular weight excluding hydrogens is 458 g/mol. The highest BCUT2D eigenvalue weighted by molar-refractivity contribution is 5.75. The van der Waals surface area contributed by atoms with Gasteiger partial charge in [0, 0.05) is 25.9 Å². The normalized spacial score (nSPS) is 14.7. The van der Waals surface area contributed by atoms with Crippen LogP contribution >= 0.6 is 0 Å². The minimum absolute atomic E-state index is 0.0625. The summed E-state index contributed by atoms with van der Waals surface area (Å²) >= 11 is 0. The van der Waals surface area contributed by atoms with Gasteiger partial charge < -0.3 is 15.2 Å². The van der Waals surface area contributed by atoms with Crippen molar-refractivity contribution in [1.29, 1.82) is 5.26 Å². The van der Waals surface area contributed by atoms with E-state index in [0.29, 0.717) is 28.9 Å². The van der Waals surface area contributed by atoms with E-state index in [1.807, 2.05) is 24.3 Å². The number of carbonyl (C=O) groups excluding carboxylic acids is 1. The molecule has 1 saturated carbocycles. The van der Waals surface area contributed by atoms with Crippen molar-refractivity contribution in [2.45, 2.75) is 31.7 Å². The number of aromatic nitrogens is 6. The smallest absolute Gasteiger partial charge is 0.261 e. The van der Waals surface area contributed by atoms with Gasteiger partial charge in [0.2, 0.25) is 5.91 Å². The molecule has 0 radical (unpaired) electrons. The number of anilines is 1. The summed E-state index contributed by atoms with van der Waals surface area (Å²) in [5.41, 5.74) is 8.35. The van der Waals surface area contributed by atoms with E-state index in [9.17, 15) is 10.1 Å². The highest BCUT2D eigenvalue weighted by Crippen LogP contribution is 2.50. The van der Waals surface area contributed by atoms with Gasteiger partial charge in [0.05, 0.1) is 23.4 Å². The van der Waals surface area contributed by atoms with Crippen LogP contribution in [0.4, 0.5) is 5.82 Å². The Morgan fingerprint density at radius 2 is 1.97 bits per heavy atom. The summed E-state index contributed by atoms with van der Waals surface area (Å²) < 4.78 is 7.17. The number of nitrogens with two attached hydrogens (primary N) is 1. The van der Waals surface area contributed by atoms with E-state index in [1.54, 1.807) is 31.2 Å². The second kappa shape index (κ2) is 8.88. The molecule has 1 fully saturated rings. The van der Waals surface area contributed by atoms with E-state index < -0.39 is 5.41 Å². The minimum Gasteiger partial charge on any atom is -0.382 e. The molecule has 11 nitrogen and oxygen atoms in total. The summed E-state index contributed by atoms with van der Waals surface area (Å²) in [5, 5.41) is 18.0. The number of nitriles is 1. The Balaban J connectivity index is 1.43. The topological polar surface area (TPSA) is 153 Å². The largest absolute Gasteiger partial charge is 0.382 e. The SMILES string of the molecule is CN(C)C(=O)Cn1cc(-c2nc([C@@](C)(c3ccc(-c4ncc(N)nc4C#N)cc3)C3CC3)no2)cn1. The van der Waals surface area contributed by atoms with E-state index in [4.69, 9.17) is 15.2 Å². The lowest BCUT2D eigenvalue weighted by Gasteiger charge is -2.27. The van der Waals surface area contributed by atoms with Crippen molar-refractivity contribution in [2.75, 3.05) is 19.8 Å². The predicted octanol–water partition coefficient (Wildman–Crippen LogP) is 2.65. The van der Waals surface area contributed by atoms with Crippen molar-refractivity contribution in [2.24, 2.45) is 5.92 Å². The molecule has 3 aromatic heterocycles. The third-order valence-corrected chi connectivity index (χ3v) is 6.62. The molecule has 1 amide bonds. The van der Waals surface area contributed by atoms with Gasteiger partial charge in [-0.2, -0.15) is 15.3 Å². The zero-order chi connectivity index (χ0) is 25.4. The lowest BCUT2D eigenvalue weighted by atomic mass is 9.77. The Morgan fingerprint density at radius 1 is 1.22 bits per heavy atom. The molecule has 4 aromatic rings. The van der Waals surface area contributed by atoms with Gasteiger partial charge >= 0.3 is 0 Å². The van der Waals surface area contributed by atoms with Crippen LogP contribution in [0.15, 0.2) is 47.4 Å². The van der Waals surface area contributed by atoms with Crippen molar-refractivity contribution in [1.82, 2.24) is 34.8 Å². The van der Waals surface area contributed by atoms with Gasteiger partial charge in [-0.3, -0.25) is 9.48 Å². The number of likely N-dealkylation sites (N-methyl/N-ethyl adjacent to an activating group) is 1. The van der Waals surface area contributed by atoms with Crippen LogP contribution in [0, 0.1) is 17.2 Å². The van der Waals surface area contributed by atoms with Gasteiger partial charge in [-0.05, 0) is 31.2 Å². The molecule has 1 aromatic carbocycles. The molecule has 1 aliphatic carbocycles. The predicted molar refractivity (Wildman–Crippen MR) is 130 cm³/mol. The number of benzene rings is 1. The van der Waals surface area contributed by atoms with Crippen LogP contribution in [0.25, 0.3) is 22.7 Å². The maximum atomic E-state index is 12.0. The lowest BCUT2D eigenvalue weighted by Crippen LogP contribution is -2.28. The van der Waals surface area contributed by atoms with Crippen LogP contribution in [0.5, 0.6) is 0 Å². The first-order chi connectivity index (χ1) is 17.3. The number of amides is 1. The molecule has 1 atom stereocenters. The van der Waals surface area contributed by atoms with Crippen molar-refractivity contribution in [3.8, 4) is 28.8 Å². The number of carbonyl (C=O) groups is 1. The summed E-state index contributed by atoms with van der Waals surface area (Å²) in [5.74, 6) is 1.46. The monoisotopic (exact) mass is 483 g/mol. The molecule has 182 valence electrons. The van der Waals surface area contributed by atoms with Crippen molar-refractivity contribution in [3.05, 3.63) is 59.9 Å². The molecule has 0 bridgehead atoms. The summed E-state index contributed by atoms with van der Waals surface area (Å²) in [6.45, 7) is 2.25. The summed E-state index contributed by atoms with van der Waals surface area (Å²) in [6.07, 6.45) is 6.91. The first kappa shape index (κ1) is 23.2. The number of nitrogen functional groups attached to an aromatic ring is 1. The molecule has 1 aliphatic rings. The fraction of sp³-hybridized carbons (Fsp3) is 0.320. The first-order valence-corrected chi connectivity index (χ1v) is 11.5. The van der Waals surface area contributed by atoms with E-state index in [2.05, 4.69) is 33.2 Å². The van der Waals surface area contributed by atoms with E-state index in [-0.39, 0.29) is 24.0 Å². The Labute approximate surface area is 207 Å². The third kappa shape index (κ3) is 4.17. The van der Waals surface area contributed by atoms with Crippen LogP contribution in [0.3, 0.4) is 0 Å². The zero-order valence-electron chi connectivity index (χ0n) is 20.2. The van der Waals surface area contributed by atoms with Gasteiger partial charge in [0.25, 0.3) is 5.89 Å². The Morgan fingerprint density at radius 3 is 2.64 bits per heavy atom. The highest BCUT2D eigenvalue weighted by atomic mass is 16.5. The van der Waals surface area contributed by atoms with Gasteiger partial charge in [0.1, 0.15) is 24.1 Å². The van der Waals surface area contributed by atoms with Gasteiger partial charge in [0.15, 0.2) is 11.5 Å². The van der Waals surface area contributed by atoms with Crippen LogP contribution in [0.1, 0.15) is 36.8 Å². The highest BCUT2D eigenvalue weighted by Gasteiger charge is 2.47. The molecule has 36 heavy (non-hydrogen) atoms. The van der Waals surface area contributed by atoms with E-state index >= 15 is 0 Å².